The Bertz CT molecular complexity index is 1070. The number of aromatic nitrogens is 3. The molecule has 4 rings (SSSR count). The molecule has 1 amide bonds. The number of nitrogens with zero attached hydrogens (tertiary/aromatic N) is 3. The molecule has 1 N–H and O–H groups in total. The summed E-state index contributed by atoms with van der Waals surface area (Å²) in [4.78, 5) is 17.1. The zero-order chi connectivity index (χ0) is 18.6. The molecule has 0 aliphatic rings. The fourth-order valence-electron chi connectivity index (χ4n) is 2.93. The highest BCUT2D eigenvalue weighted by Gasteiger charge is 2.14. The van der Waals surface area contributed by atoms with Crippen molar-refractivity contribution in [2.24, 2.45) is 0 Å². The maximum atomic E-state index is 12.6. The van der Waals surface area contributed by atoms with Crippen LogP contribution in [-0.4, -0.2) is 20.5 Å². The van der Waals surface area contributed by atoms with Crippen LogP contribution in [0, 0.1) is 0 Å². The lowest BCUT2D eigenvalue weighted by Crippen LogP contribution is -2.16. The van der Waals surface area contributed by atoms with E-state index in [1.165, 1.54) is 5.56 Å². The highest BCUT2D eigenvalue weighted by molar-refractivity contribution is 6.30. The number of nitrogens with one attached hydrogen (secondary N) is 1. The van der Waals surface area contributed by atoms with Crippen LogP contribution in [-0.2, 0) is 12.8 Å². The van der Waals surface area contributed by atoms with Crippen LogP contribution in [0.2, 0.25) is 5.02 Å². The first-order chi connectivity index (χ1) is 13.2. The summed E-state index contributed by atoms with van der Waals surface area (Å²) in [6.07, 6.45) is 5.04. The van der Waals surface area contributed by atoms with Crippen LogP contribution in [0.15, 0.2) is 73.1 Å². The summed E-state index contributed by atoms with van der Waals surface area (Å²) in [5, 5.41) is 7.99. The van der Waals surface area contributed by atoms with E-state index in [4.69, 9.17) is 11.6 Å². The van der Waals surface area contributed by atoms with Gasteiger partial charge in [-0.3, -0.25) is 4.79 Å². The molecule has 0 spiro atoms. The lowest BCUT2D eigenvalue weighted by atomic mass is 10.1. The van der Waals surface area contributed by atoms with E-state index in [2.05, 4.69) is 15.4 Å². The summed E-state index contributed by atoms with van der Waals surface area (Å²) in [6.45, 7) is 0. The van der Waals surface area contributed by atoms with Crippen molar-refractivity contribution in [1.29, 1.82) is 0 Å². The van der Waals surface area contributed by atoms with Crippen molar-refractivity contribution < 1.29 is 4.79 Å². The van der Waals surface area contributed by atoms with Gasteiger partial charge in [0.15, 0.2) is 5.65 Å². The van der Waals surface area contributed by atoms with Crippen molar-refractivity contribution in [3.8, 4) is 0 Å². The van der Waals surface area contributed by atoms with Gasteiger partial charge in [-0.05, 0) is 48.7 Å². The summed E-state index contributed by atoms with van der Waals surface area (Å²) in [5.41, 5.74) is 4.07. The molecule has 0 aliphatic heterocycles. The SMILES string of the molecule is O=C(Nc1ccccc1)c1ccnc2c(CCc3ccc(Cl)cc3)cnn12. The van der Waals surface area contributed by atoms with Gasteiger partial charge in [0.1, 0.15) is 5.69 Å². The van der Waals surface area contributed by atoms with Crippen LogP contribution in [0.4, 0.5) is 5.69 Å². The third-order valence-corrected chi connectivity index (χ3v) is 4.59. The Hall–Kier alpha value is -3.18. The highest BCUT2D eigenvalue weighted by atomic mass is 35.5. The molecule has 0 radical (unpaired) electrons. The molecule has 0 saturated heterocycles. The van der Waals surface area contributed by atoms with E-state index < -0.39 is 0 Å². The topological polar surface area (TPSA) is 59.3 Å². The van der Waals surface area contributed by atoms with Gasteiger partial charge in [-0.25, -0.2) is 9.50 Å². The maximum Gasteiger partial charge on any atom is 0.274 e. The number of hydrogen-bond acceptors (Lipinski definition) is 3. The van der Waals surface area contributed by atoms with E-state index in [9.17, 15) is 4.79 Å². The van der Waals surface area contributed by atoms with Gasteiger partial charge in [0, 0.05) is 22.5 Å². The van der Waals surface area contributed by atoms with Crippen LogP contribution >= 0.6 is 11.6 Å². The van der Waals surface area contributed by atoms with Crippen molar-refractivity contribution in [2.45, 2.75) is 12.8 Å². The average Bonchev–Trinajstić information content (AvgIpc) is 3.11. The van der Waals surface area contributed by atoms with Crippen LogP contribution in [0.5, 0.6) is 0 Å². The number of carbonyl (C=O) groups is 1. The molecule has 0 fully saturated rings. The van der Waals surface area contributed by atoms with Crippen LogP contribution < -0.4 is 5.32 Å². The number of fused-ring (bicyclic) bond motifs is 1. The predicted molar refractivity (Wildman–Crippen MR) is 106 cm³/mol. The van der Waals surface area contributed by atoms with E-state index in [1.54, 1.807) is 23.0 Å². The van der Waals surface area contributed by atoms with E-state index >= 15 is 0 Å². The number of halogens is 1. The van der Waals surface area contributed by atoms with E-state index in [1.807, 2.05) is 54.6 Å². The van der Waals surface area contributed by atoms with Gasteiger partial charge < -0.3 is 5.32 Å². The fraction of sp³-hybridized carbons (Fsp3) is 0.0952. The van der Waals surface area contributed by atoms with E-state index in [0.29, 0.717) is 11.3 Å². The minimum Gasteiger partial charge on any atom is -0.321 e. The third-order valence-electron chi connectivity index (χ3n) is 4.33. The van der Waals surface area contributed by atoms with E-state index in [0.717, 1.165) is 29.1 Å². The molecule has 0 saturated carbocycles. The number of carbonyl (C=O) groups excluding carboxylic acids is 1. The van der Waals surface area contributed by atoms with Crippen LogP contribution in [0.3, 0.4) is 0 Å². The van der Waals surface area contributed by atoms with Gasteiger partial charge in [0.2, 0.25) is 0 Å². The van der Waals surface area contributed by atoms with Crippen molar-refractivity contribution in [1.82, 2.24) is 14.6 Å². The number of anilines is 1. The standard InChI is InChI=1S/C21H17ClN4O/c22-17-10-7-15(8-11-17)6-9-16-14-24-26-19(12-13-23-20(16)26)21(27)25-18-4-2-1-3-5-18/h1-5,7-8,10-14H,6,9H2,(H,25,27). The smallest absolute Gasteiger partial charge is 0.274 e. The molecular formula is C21H17ClN4O. The zero-order valence-corrected chi connectivity index (χ0v) is 15.2. The average molecular weight is 377 g/mol. The van der Waals surface area contributed by atoms with Crippen molar-refractivity contribution in [2.75, 3.05) is 5.32 Å². The first-order valence-corrected chi connectivity index (χ1v) is 9.01. The summed E-state index contributed by atoms with van der Waals surface area (Å²) in [6, 6.07) is 18.8. The van der Waals surface area contributed by atoms with Crippen LogP contribution in [0.1, 0.15) is 21.6 Å². The molecular weight excluding hydrogens is 360 g/mol. The lowest BCUT2D eigenvalue weighted by molar-refractivity contribution is 0.102. The van der Waals surface area contributed by atoms with Gasteiger partial charge in [0.25, 0.3) is 5.91 Å². The molecule has 2 heterocycles. The third kappa shape index (κ3) is 3.83. The molecule has 5 nitrogen and oxygen atoms in total. The Kier molecular flexibility index (Phi) is 4.85. The molecule has 0 bridgehead atoms. The molecule has 0 atom stereocenters. The highest BCUT2D eigenvalue weighted by Crippen LogP contribution is 2.16. The second kappa shape index (κ2) is 7.60. The minimum absolute atomic E-state index is 0.221. The minimum atomic E-state index is -0.221. The summed E-state index contributed by atoms with van der Waals surface area (Å²) >= 11 is 5.93. The Morgan fingerprint density at radius 3 is 2.56 bits per heavy atom. The van der Waals surface area contributed by atoms with Gasteiger partial charge in [-0.15, -0.1) is 0 Å². The lowest BCUT2D eigenvalue weighted by Gasteiger charge is -2.07. The Balaban J connectivity index is 1.56. The fourth-order valence-corrected chi connectivity index (χ4v) is 3.06. The number of para-hydroxylation sites is 1. The maximum absolute atomic E-state index is 12.6. The molecule has 0 aliphatic carbocycles. The molecule has 6 heteroatoms. The summed E-state index contributed by atoms with van der Waals surface area (Å²) < 4.78 is 1.59. The van der Waals surface area contributed by atoms with Gasteiger partial charge in [0.05, 0.1) is 6.20 Å². The molecule has 2 aromatic carbocycles. The quantitative estimate of drug-likeness (QED) is 0.561. The monoisotopic (exact) mass is 376 g/mol. The Morgan fingerprint density at radius 1 is 1.00 bits per heavy atom. The molecule has 0 unspecified atom stereocenters. The second-order valence-corrected chi connectivity index (χ2v) is 6.62. The molecule has 4 aromatic rings. The number of aryl methyl sites for hydroxylation is 2. The van der Waals surface area contributed by atoms with Crippen molar-refractivity contribution in [3.63, 3.8) is 0 Å². The number of benzene rings is 2. The van der Waals surface area contributed by atoms with Gasteiger partial charge in [-0.2, -0.15) is 5.10 Å². The molecule has 2 aromatic heterocycles. The summed E-state index contributed by atoms with van der Waals surface area (Å²) in [5.74, 6) is -0.221. The second-order valence-electron chi connectivity index (χ2n) is 6.18. The largest absolute Gasteiger partial charge is 0.321 e. The van der Waals surface area contributed by atoms with Crippen molar-refractivity contribution in [3.05, 3.63) is 94.9 Å². The summed E-state index contributed by atoms with van der Waals surface area (Å²) in [7, 11) is 0. The first-order valence-electron chi connectivity index (χ1n) is 8.63. The number of amides is 1. The van der Waals surface area contributed by atoms with Gasteiger partial charge in [-0.1, -0.05) is 41.9 Å². The predicted octanol–water partition coefficient (Wildman–Crippen LogP) is 4.42. The normalized spacial score (nSPS) is 10.9. The van der Waals surface area contributed by atoms with E-state index in [-0.39, 0.29) is 5.91 Å². The Morgan fingerprint density at radius 2 is 1.78 bits per heavy atom. The zero-order valence-electron chi connectivity index (χ0n) is 14.5. The Labute approximate surface area is 161 Å². The molecule has 134 valence electrons. The molecule has 27 heavy (non-hydrogen) atoms. The van der Waals surface area contributed by atoms with Crippen LogP contribution in [0.25, 0.3) is 5.65 Å². The van der Waals surface area contributed by atoms with Gasteiger partial charge >= 0.3 is 0 Å². The number of hydrogen-bond donors (Lipinski definition) is 1. The number of rotatable bonds is 5. The first kappa shape index (κ1) is 17.2. The van der Waals surface area contributed by atoms with Crippen molar-refractivity contribution >= 4 is 28.8 Å².